The average molecular weight is 562 g/mol. The zero-order chi connectivity index (χ0) is 23.5. The lowest BCUT2D eigenvalue weighted by molar-refractivity contribution is 0.324. The quantitative estimate of drug-likeness (QED) is 0.185. The average Bonchev–Trinajstić information content (AvgIpc) is 3.37. The Morgan fingerprint density at radius 3 is 2.76 bits per heavy atom. The Hall–Kier alpha value is -3.06. The molecular weight excluding hydrogens is 535 g/mol. The Morgan fingerprint density at radius 1 is 1.15 bits per heavy atom. The summed E-state index contributed by atoms with van der Waals surface area (Å²) in [6, 6.07) is 21.5. The number of para-hydroxylation sites is 1. The Bertz CT molecular complexity index is 1250. The summed E-state index contributed by atoms with van der Waals surface area (Å²) in [5.74, 6) is 2.44. The molecule has 3 aromatic carbocycles. The SMILES string of the molecule is C=CCOc1c(I)cc(C=Nc2ccc([C@@H]3Nc4ccccc4[C@@H]4C=CC[C@H]43)cc2)cc1OC. The van der Waals surface area contributed by atoms with Crippen molar-refractivity contribution in [2.24, 2.45) is 10.9 Å². The minimum Gasteiger partial charge on any atom is -0.493 e. The van der Waals surface area contributed by atoms with Crippen molar-refractivity contribution in [2.75, 3.05) is 19.0 Å². The number of anilines is 1. The van der Waals surface area contributed by atoms with Crippen LogP contribution in [0, 0.1) is 9.49 Å². The lowest BCUT2D eigenvalue weighted by Crippen LogP contribution is -2.28. The molecule has 2 aliphatic rings. The van der Waals surface area contributed by atoms with Crippen molar-refractivity contribution >= 4 is 40.2 Å². The smallest absolute Gasteiger partial charge is 0.174 e. The molecule has 0 fully saturated rings. The number of halogens is 1. The number of rotatable bonds is 7. The van der Waals surface area contributed by atoms with E-state index in [4.69, 9.17) is 14.5 Å². The standard InChI is InChI=1S/C29H27IN2O2/c1-3-15-34-29-25(30)16-19(17-27(29)33-2)18-31-21-13-11-20(12-14-21)28-24-9-6-8-22(24)23-7-4-5-10-26(23)32-28/h3-8,10-14,16-18,22,24,28,32H,1,9,15H2,2H3/t22-,24+,28-/m0/s1. The van der Waals surface area contributed by atoms with E-state index in [0.717, 1.165) is 27.0 Å². The summed E-state index contributed by atoms with van der Waals surface area (Å²) in [4.78, 5) is 4.70. The topological polar surface area (TPSA) is 42.8 Å². The number of fused-ring (bicyclic) bond motifs is 3. The van der Waals surface area contributed by atoms with Crippen molar-refractivity contribution < 1.29 is 9.47 Å². The number of aliphatic imine (C=N–C) groups is 1. The molecule has 1 aliphatic carbocycles. The van der Waals surface area contributed by atoms with Gasteiger partial charge in [0.2, 0.25) is 0 Å². The van der Waals surface area contributed by atoms with Gasteiger partial charge in [-0.05, 0) is 82.0 Å². The molecule has 0 radical (unpaired) electrons. The van der Waals surface area contributed by atoms with Crippen molar-refractivity contribution in [3.63, 3.8) is 0 Å². The van der Waals surface area contributed by atoms with Gasteiger partial charge in [-0.3, -0.25) is 4.99 Å². The summed E-state index contributed by atoms with van der Waals surface area (Å²) in [7, 11) is 1.65. The van der Waals surface area contributed by atoms with Crippen molar-refractivity contribution in [3.8, 4) is 11.5 Å². The number of nitrogens with one attached hydrogen (secondary N) is 1. The molecule has 5 rings (SSSR count). The maximum Gasteiger partial charge on any atom is 0.174 e. The molecule has 5 heteroatoms. The van der Waals surface area contributed by atoms with Gasteiger partial charge < -0.3 is 14.8 Å². The monoisotopic (exact) mass is 562 g/mol. The largest absolute Gasteiger partial charge is 0.493 e. The van der Waals surface area contributed by atoms with Crippen molar-refractivity contribution in [1.82, 2.24) is 0 Å². The molecule has 1 N–H and O–H groups in total. The summed E-state index contributed by atoms with van der Waals surface area (Å²) in [6.07, 6.45) is 9.39. The number of methoxy groups -OCH3 is 1. The molecule has 172 valence electrons. The molecule has 1 aliphatic heterocycles. The van der Waals surface area contributed by atoms with Crippen LogP contribution >= 0.6 is 22.6 Å². The molecule has 0 aromatic heterocycles. The summed E-state index contributed by atoms with van der Waals surface area (Å²) >= 11 is 2.26. The predicted molar refractivity (Wildman–Crippen MR) is 148 cm³/mol. The molecule has 0 spiro atoms. The zero-order valence-electron chi connectivity index (χ0n) is 19.1. The zero-order valence-corrected chi connectivity index (χ0v) is 21.2. The van der Waals surface area contributed by atoms with Crippen LogP contribution in [-0.2, 0) is 0 Å². The molecule has 0 amide bonds. The Morgan fingerprint density at radius 2 is 1.97 bits per heavy atom. The second-order valence-corrected chi connectivity index (χ2v) is 9.71. The number of ether oxygens (including phenoxy) is 2. The molecule has 0 bridgehead atoms. The first-order chi connectivity index (χ1) is 16.7. The van der Waals surface area contributed by atoms with Gasteiger partial charge in [0.15, 0.2) is 11.5 Å². The minimum atomic E-state index is 0.293. The molecule has 0 unspecified atom stereocenters. The molecule has 34 heavy (non-hydrogen) atoms. The van der Waals surface area contributed by atoms with E-state index < -0.39 is 0 Å². The summed E-state index contributed by atoms with van der Waals surface area (Å²) in [5, 5.41) is 3.79. The Balaban J connectivity index is 1.34. The van der Waals surface area contributed by atoms with Gasteiger partial charge >= 0.3 is 0 Å². The van der Waals surface area contributed by atoms with E-state index in [-0.39, 0.29) is 0 Å². The van der Waals surface area contributed by atoms with Gasteiger partial charge in [-0.25, -0.2) is 0 Å². The van der Waals surface area contributed by atoms with Crippen LogP contribution in [0.4, 0.5) is 11.4 Å². The van der Waals surface area contributed by atoms with Crippen LogP contribution in [0.3, 0.4) is 0 Å². The maximum absolute atomic E-state index is 5.74. The van der Waals surface area contributed by atoms with Crippen LogP contribution in [0.2, 0.25) is 0 Å². The van der Waals surface area contributed by atoms with Gasteiger partial charge in [0.25, 0.3) is 0 Å². The highest BCUT2D eigenvalue weighted by Gasteiger charge is 2.37. The first kappa shape index (κ1) is 22.7. The van der Waals surface area contributed by atoms with E-state index in [2.05, 4.69) is 95.2 Å². The van der Waals surface area contributed by atoms with Gasteiger partial charge in [-0.2, -0.15) is 0 Å². The van der Waals surface area contributed by atoms with Crippen molar-refractivity contribution in [3.05, 3.63) is 106 Å². The first-order valence-corrected chi connectivity index (χ1v) is 12.5. The van der Waals surface area contributed by atoms with Crippen LogP contribution in [0.1, 0.15) is 35.1 Å². The number of benzene rings is 3. The van der Waals surface area contributed by atoms with E-state index in [1.165, 1.54) is 16.8 Å². The van der Waals surface area contributed by atoms with Crippen LogP contribution in [0.5, 0.6) is 11.5 Å². The van der Waals surface area contributed by atoms with Crippen LogP contribution in [0.25, 0.3) is 0 Å². The van der Waals surface area contributed by atoms with E-state index in [9.17, 15) is 0 Å². The van der Waals surface area contributed by atoms with Gasteiger partial charge in [0, 0.05) is 17.8 Å². The van der Waals surface area contributed by atoms with Gasteiger partial charge in [-0.15, -0.1) is 0 Å². The van der Waals surface area contributed by atoms with E-state index >= 15 is 0 Å². The fourth-order valence-corrected chi connectivity index (χ4v) is 5.67. The summed E-state index contributed by atoms with van der Waals surface area (Å²) < 4.78 is 12.2. The highest BCUT2D eigenvalue weighted by molar-refractivity contribution is 14.1. The molecule has 3 atom stereocenters. The number of hydrogen-bond acceptors (Lipinski definition) is 4. The van der Waals surface area contributed by atoms with Gasteiger partial charge in [-0.1, -0.05) is 55.1 Å². The van der Waals surface area contributed by atoms with Gasteiger partial charge in [0.05, 0.1) is 22.4 Å². The molecule has 0 saturated heterocycles. The molecule has 3 aromatic rings. The molecular formula is C29H27IN2O2. The second-order valence-electron chi connectivity index (χ2n) is 8.55. The summed E-state index contributed by atoms with van der Waals surface area (Å²) in [6.45, 7) is 4.14. The van der Waals surface area contributed by atoms with E-state index in [1.54, 1.807) is 13.2 Å². The highest BCUT2D eigenvalue weighted by Crippen LogP contribution is 2.49. The van der Waals surface area contributed by atoms with Crippen LogP contribution < -0.4 is 14.8 Å². The second kappa shape index (κ2) is 10.1. The Labute approximate surface area is 214 Å². The lowest BCUT2D eigenvalue weighted by atomic mass is 9.77. The number of hydrogen-bond donors (Lipinski definition) is 1. The third kappa shape index (κ3) is 4.49. The maximum atomic E-state index is 5.74. The highest BCUT2D eigenvalue weighted by atomic mass is 127. The first-order valence-electron chi connectivity index (χ1n) is 11.5. The van der Waals surface area contributed by atoms with Crippen LogP contribution in [0.15, 0.2) is 90.5 Å². The van der Waals surface area contributed by atoms with Crippen molar-refractivity contribution in [1.29, 1.82) is 0 Å². The molecule has 4 nitrogen and oxygen atoms in total. The summed E-state index contributed by atoms with van der Waals surface area (Å²) in [5.41, 5.74) is 5.83. The third-order valence-electron chi connectivity index (χ3n) is 6.48. The third-order valence-corrected chi connectivity index (χ3v) is 7.29. The van der Waals surface area contributed by atoms with Crippen molar-refractivity contribution in [2.45, 2.75) is 18.4 Å². The Kier molecular flexibility index (Phi) is 6.72. The predicted octanol–water partition coefficient (Wildman–Crippen LogP) is 7.44. The minimum absolute atomic E-state index is 0.293. The molecule has 1 heterocycles. The van der Waals surface area contributed by atoms with E-state index in [1.807, 2.05) is 18.3 Å². The normalized spacial score (nSPS) is 20.5. The lowest BCUT2D eigenvalue weighted by Gasteiger charge is -2.37. The van der Waals surface area contributed by atoms with E-state index in [0.29, 0.717) is 30.2 Å². The number of nitrogens with zero attached hydrogens (tertiary/aromatic N) is 1. The van der Waals surface area contributed by atoms with Crippen LogP contribution in [-0.4, -0.2) is 19.9 Å². The molecule has 0 saturated carbocycles. The number of allylic oxidation sites excluding steroid dienone is 2. The van der Waals surface area contributed by atoms with Gasteiger partial charge in [0.1, 0.15) is 6.61 Å². The fraction of sp³-hybridized carbons (Fsp3) is 0.207. The fourth-order valence-electron chi connectivity index (χ4n) is 4.89.